The Labute approximate surface area is 147 Å². The number of imidazole rings is 1. The van der Waals surface area contributed by atoms with Crippen LogP contribution in [-0.2, 0) is 6.42 Å². The molecule has 8 heteroatoms. The number of fused-ring (bicyclic) bond motifs is 1. The fourth-order valence-electron chi connectivity index (χ4n) is 2.57. The van der Waals surface area contributed by atoms with Crippen LogP contribution in [0.1, 0.15) is 32.9 Å². The first kappa shape index (κ1) is 16.5. The molecule has 0 bridgehead atoms. The van der Waals surface area contributed by atoms with Crippen LogP contribution in [0.5, 0.6) is 5.75 Å². The summed E-state index contributed by atoms with van der Waals surface area (Å²) in [5, 5.41) is 24.2. The van der Waals surface area contributed by atoms with E-state index in [9.17, 15) is 9.90 Å². The summed E-state index contributed by atoms with van der Waals surface area (Å²) in [5.41, 5.74) is 3.00. The average Bonchev–Trinajstić information content (AvgIpc) is 2.80. The van der Waals surface area contributed by atoms with Crippen molar-refractivity contribution in [3.05, 3.63) is 56.5 Å². The Hall–Kier alpha value is -2.31. The van der Waals surface area contributed by atoms with Crippen LogP contribution in [0, 0.1) is 13.8 Å². The van der Waals surface area contributed by atoms with Crippen LogP contribution in [0.2, 0.25) is 10.2 Å². The van der Waals surface area contributed by atoms with Gasteiger partial charge in [-0.2, -0.15) is 5.10 Å². The largest absolute Gasteiger partial charge is 0.507 e. The Kier molecular flexibility index (Phi) is 4.11. The van der Waals surface area contributed by atoms with Crippen molar-refractivity contribution in [2.45, 2.75) is 20.3 Å². The molecular formula is C16H13Cl2N3O3. The number of aromatic nitrogens is 3. The number of nitrogens with zero attached hydrogens (tertiary/aromatic N) is 3. The maximum absolute atomic E-state index is 11.2. The third-order valence-corrected chi connectivity index (χ3v) is 4.40. The van der Waals surface area contributed by atoms with Crippen LogP contribution in [0.25, 0.3) is 5.65 Å². The molecule has 0 unspecified atom stereocenters. The van der Waals surface area contributed by atoms with Crippen LogP contribution in [-0.4, -0.2) is 30.8 Å². The van der Waals surface area contributed by atoms with Crippen molar-refractivity contribution in [2.24, 2.45) is 0 Å². The van der Waals surface area contributed by atoms with Crippen molar-refractivity contribution >= 4 is 34.8 Å². The molecule has 124 valence electrons. The van der Waals surface area contributed by atoms with Crippen molar-refractivity contribution in [3.8, 4) is 5.75 Å². The molecule has 3 rings (SSSR count). The van der Waals surface area contributed by atoms with E-state index in [-0.39, 0.29) is 22.8 Å². The molecule has 0 aliphatic rings. The van der Waals surface area contributed by atoms with E-state index in [1.165, 1.54) is 12.1 Å². The summed E-state index contributed by atoms with van der Waals surface area (Å²) in [7, 11) is 0. The zero-order valence-corrected chi connectivity index (χ0v) is 14.4. The van der Waals surface area contributed by atoms with Gasteiger partial charge in [-0.3, -0.25) is 0 Å². The standard InChI is InChI=1S/C16H13Cl2N3O3/c1-7-5-13(18)20-21-8(2)12(19-15(7)21)6-10-11(17)4-3-9(14(10)22)16(23)24/h3-5,22H,6H2,1-2H3,(H,23,24). The van der Waals surface area contributed by atoms with Gasteiger partial charge in [-0.15, -0.1) is 0 Å². The quantitative estimate of drug-likeness (QED) is 0.739. The second-order valence-electron chi connectivity index (χ2n) is 5.43. The first-order chi connectivity index (χ1) is 11.3. The lowest BCUT2D eigenvalue weighted by Crippen LogP contribution is -2.01. The van der Waals surface area contributed by atoms with Crippen molar-refractivity contribution in [2.75, 3.05) is 0 Å². The summed E-state index contributed by atoms with van der Waals surface area (Å²) in [6.45, 7) is 3.69. The molecule has 0 saturated carbocycles. The van der Waals surface area contributed by atoms with Crippen LogP contribution >= 0.6 is 23.2 Å². The highest BCUT2D eigenvalue weighted by molar-refractivity contribution is 6.31. The van der Waals surface area contributed by atoms with E-state index in [2.05, 4.69) is 10.1 Å². The number of benzene rings is 1. The van der Waals surface area contributed by atoms with E-state index in [1.54, 1.807) is 10.6 Å². The molecule has 0 aliphatic carbocycles. The summed E-state index contributed by atoms with van der Waals surface area (Å²) >= 11 is 12.1. The van der Waals surface area contributed by atoms with Crippen molar-refractivity contribution in [3.63, 3.8) is 0 Å². The highest BCUT2D eigenvalue weighted by atomic mass is 35.5. The van der Waals surface area contributed by atoms with Gasteiger partial charge >= 0.3 is 5.97 Å². The van der Waals surface area contributed by atoms with Gasteiger partial charge in [0.1, 0.15) is 16.5 Å². The van der Waals surface area contributed by atoms with Gasteiger partial charge in [-0.05, 0) is 37.6 Å². The fourth-order valence-corrected chi connectivity index (χ4v) is 3.03. The predicted molar refractivity (Wildman–Crippen MR) is 90.4 cm³/mol. The first-order valence-electron chi connectivity index (χ1n) is 7.04. The molecule has 3 aromatic rings. The summed E-state index contributed by atoms with van der Waals surface area (Å²) in [5.74, 6) is -1.57. The molecule has 2 heterocycles. The smallest absolute Gasteiger partial charge is 0.339 e. The lowest BCUT2D eigenvalue weighted by Gasteiger charge is -2.09. The Balaban J connectivity index is 2.14. The molecule has 6 nitrogen and oxygen atoms in total. The molecule has 0 aliphatic heterocycles. The molecule has 24 heavy (non-hydrogen) atoms. The normalized spacial score (nSPS) is 11.2. The second-order valence-corrected chi connectivity index (χ2v) is 6.23. The zero-order valence-electron chi connectivity index (χ0n) is 12.8. The molecule has 1 aromatic carbocycles. The number of carbonyl (C=O) groups is 1. The fraction of sp³-hybridized carbons (Fsp3) is 0.188. The maximum atomic E-state index is 11.2. The number of halogens is 2. The van der Waals surface area contributed by atoms with Crippen LogP contribution in [0.15, 0.2) is 18.2 Å². The number of hydrogen-bond acceptors (Lipinski definition) is 4. The Morgan fingerprint density at radius 1 is 1.29 bits per heavy atom. The molecule has 0 radical (unpaired) electrons. The van der Waals surface area contributed by atoms with Gasteiger partial charge < -0.3 is 10.2 Å². The van der Waals surface area contributed by atoms with Crippen molar-refractivity contribution in [1.82, 2.24) is 14.6 Å². The Morgan fingerprint density at radius 2 is 2.00 bits per heavy atom. The number of rotatable bonds is 3. The number of carboxylic acid groups (broad SMARTS) is 1. The lowest BCUT2D eigenvalue weighted by atomic mass is 10.0. The number of phenols is 1. The SMILES string of the molecule is Cc1cc(Cl)nn2c(C)c(Cc3c(Cl)ccc(C(=O)O)c3O)nc12. The monoisotopic (exact) mass is 365 g/mol. The predicted octanol–water partition coefficient (Wildman–Crippen LogP) is 3.65. The van der Waals surface area contributed by atoms with Crippen molar-refractivity contribution in [1.29, 1.82) is 0 Å². The molecule has 0 atom stereocenters. The minimum Gasteiger partial charge on any atom is -0.507 e. The molecule has 0 amide bonds. The van der Waals surface area contributed by atoms with E-state index in [0.717, 1.165) is 11.3 Å². The van der Waals surface area contributed by atoms with Gasteiger partial charge in [-0.1, -0.05) is 23.2 Å². The summed E-state index contributed by atoms with van der Waals surface area (Å²) in [6, 6.07) is 4.43. The molecule has 0 fully saturated rings. The van der Waals surface area contributed by atoms with Gasteiger partial charge in [-0.25, -0.2) is 14.3 Å². The summed E-state index contributed by atoms with van der Waals surface area (Å²) < 4.78 is 1.62. The third kappa shape index (κ3) is 2.68. The topological polar surface area (TPSA) is 87.7 Å². The molecule has 0 saturated heterocycles. The van der Waals surface area contributed by atoms with Gasteiger partial charge in [0.25, 0.3) is 0 Å². The van der Waals surface area contributed by atoms with E-state index in [0.29, 0.717) is 22.1 Å². The van der Waals surface area contributed by atoms with E-state index >= 15 is 0 Å². The maximum Gasteiger partial charge on any atom is 0.339 e. The molecule has 2 aromatic heterocycles. The van der Waals surface area contributed by atoms with E-state index in [1.807, 2.05) is 13.8 Å². The van der Waals surface area contributed by atoms with Crippen LogP contribution < -0.4 is 0 Å². The Morgan fingerprint density at radius 3 is 2.67 bits per heavy atom. The Bertz CT molecular complexity index is 983. The van der Waals surface area contributed by atoms with E-state index in [4.69, 9.17) is 28.3 Å². The second kappa shape index (κ2) is 5.96. The molecule has 0 spiro atoms. The van der Waals surface area contributed by atoms with Gasteiger partial charge in [0.05, 0.1) is 11.4 Å². The lowest BCUT2D eigenvalue weighted by molar-refractivity contribution is 0.0693. The highest BCUT2D eigenvalue weighted by Gasteiger charge is 2.20. The first-order valence-corrected chi connectivity index (χ1v) is 7.80. The minimum atomic E-state index is -1.22. The summed E-state index contributed by atoms with van der Waals surface area (Å²) in [6.07, 6.45) is 0.179. The molecule has 2 N–H and O–H groups in total. The van der Waals surface area contributed by atoms with Gasteiger partial charge in [0.2, 0.25) is 0 Å². The van der Waals surface area contributed by atoms with Crippen molar-refractivity contribution < 1.29 is 15.0 Å². The molecular weight excluding hydrogens is 353 g/mol. The van der Waals surface area contributed by atoms with Crippen LogP contribution in [0.4, 0.5) is 0 Å². The zero-order chi connectivity index (χ0) is 17.6. The van der Waals surface area contributed by atoms with Gasteiger partial charge in [0, 0.05) is 17.0 Å². The minimum absolute atomic E-state index is 0.179. The van der Waals surface area contributed by atoms with E-state index < -0.39 is 5.97 Å². The average molecular weight is 366 g/mol. The third-order valence-electron chi connectivity index (χ3n) is 3.86. The number of aromatic carboxylic acids is 1. The highest BCUT2D eigenvalue weighted by Crippen LogP contribution is 2.32. The number of aryl methyl sites for hydroxylation is 2. The van der Waals surface area contributed by atoms with Gasteiger partial charge in [0.15, 0.2) is 5.65 Å². The van der Waals surface area contributed by atoms with Crippen LogP contribution in [0.3, 0.4) is 0 Å². The number of carboxylic acids is 1. The number of hydrogen-bond donors (Lipinski definition) is 2. The number of aromatic hydroxyl groups is 1. The summed E-state index contributed by atoms with van der Waals surface area (Å²) in [4.78, 5) is 15.7.